The highest BCUT2D eigenvalue weighted by atomic mass is 16.6. The Labute approximate surface area is 129 Å². The summed E-state index contributed by atoms with van der Waals surface area (Å²) in [6.07, 6.45) is 0.269. The van der Waals surface area contributed by atoms with Gasteiger partial charge in [-0.25, -0.2) is 9.59 Å². The van der Waals surface area contributed by atoms with Crippen LogP contribution >= 0.6 is 0 Å². The molecule has 22 heavy (non-hydrogen) atoms. The number of carbonyl (C=O) groups excluding carboxylic acids is 2. The van der Waals surface area contributed by atoms with E-state index in [-0.39, 0.29) is 5.91 Å². The van der Waals surface area contributed by atoms with Gasteiger partial charge in [0.2, 0.25) is 0 Å². The predicted molar refractivity (Wildman–Crippen MR) is 76.1 cm³/mol. The molecule has 0 aromatic rings. The molecule has 1 N–H and O–H groups in total. The van der Waals surface area contributed by atoms with Gasteiger partial charge in [-0.3, -0.25) is 4.79 Å². The van der Waals surface area contributed by atoms with Crippen LogP contribution < -0.4 is 0 Å². The van der Waals surface area contributed by atoms with E-state index in [1.165, 1.54) is 4.90 Å². The fraction of sp³-hybridized carbons (Fsp3) is 0.800. The summed E-state index contributed by atoms with van der Waals surface area (Å²) >= 11 is 0. The Bertz CT molecular complexity index is 469. The number of ether oxygens (including phenoxy) is 2. The van der Waals surface area contributed by atoms with Gasteiger partial charge in [0.15, 0.2) is 6.10 Å². The minimum absolute atomic E-state index is 0.308. The van der Waals surface area contributed by atoms with Gasteiger partial charge in [0.1, 0.15) is 17.7 Å². The van der Waals surface area contributed by atoms with Crippen LogP contribution in [0, 0.1) is 0 Å². The third kappa shape index (κ3) is 3.76. The number of hydrogen-bond donors (Lipinski definition) is 1. The van der Waals surface area contributed by atoms with Crippen LogP contribution in [0.5, 0.6) is 0 Å². The average Bonchev–Trinajstić information content (AvgIpc) is 3.05. The van der Waals surface area contributed by atoms with Crippen molar-refractivity contribution < 1.29 is 29.0 Å². The van der Waals surface area contributed by atoms with E-state index < -0.39 is 35.8 Å². The molecule has 0 spiro atoms. The third-order valence-electron chi connectivity index (χ3n) is 3.79. The van der Waals surface area contributed by atoms with Crippen molar-refractivity contribution in [3.05, 3.63) is 0 Å². The SMILES string of the molecule is CC(C)(C)OC(=O)C1CCCN1C(=O)[C@@H]1CC[C@H](C(=O)O)O1. The standard InChI is InChI=1S/C15H23NO6/c1-15(2,3)22-14(20)9-5-4-8-16(9)12(17)10-6-7-11(21-10)13(18)19/h9-11H,4-8H2,1-3H3,(H,18,19)/t9?,10-,11+/m0/s1. The minimum Gasteiger partial charge on any atom is -0.479 e. The van der Waals surface area contributed by atoms with Crippen molar-refractivity contribution in [1.82, 2.24) is 4.90 Å². The average molecular weight is 313 g/mol. The number of carboxylic acid groups (broad SMARTS) is 1. The molecule has 0 aromatic carbocycles. The van der Waals surface area contributed by atoms with Crippen molar-refractivity contribution in [3.8, 4) is 0 Å². The normalized spacial score (nSPS) is 28.7. The number of hydrogen-bond acceptors (Lipinski definition) is 5. The van der Waals surface area contributed by atoms with Crippen LogP contribution in [0.3, 0.4) is 0 Å². The summed E-state index contributed by atoms with van der Waals surface area (Å²) in [5.41, 5.74) is -0.605. The molecule has 2 aliphatic rings. The van der Waals surface area contributed by atoms with E-state index in [9.17, 15) is 14.4 Å². The van der Waals surface area contributed by atoms with E-state index in [2.05, 4.69) is 0 Å². The molecule has 2 aliphatic heterocycles. The Morgan fingerprint density at radius 3 is 2.32 bits per heavy atom. The topological polar surface area (TPSA) is 93.1 Å². The first-order valence-electron chi connectivity index (χ1n) is 7.60. The molecule has 2 fully saturated rings. The second-order valence-corrected chi connectivity index (χ2v) is 6.75. The second kappa shape index (κ2) is 6.24. The first-order chi connectivity index (χ1) is 10.2. The molecule has 0 aliphatic carbocycles. The van der Waals surface area contributed by atoms with Crippen molar-refractivity contribution in [3.63, 3.8) is 0 Å². The monoisotopic (exact) mass is 313 g/mol. The van der Waals surface area contributed by atoms with E-state index in [4.69, 9.17) is 14.6 Å². The highest BCUT2D eigenvalue weighted by Crippen LogP contribution is 2.27. The van der Waals surface area contributed by atoms with Crippen LogP contribution in [0.15, 0.2) is 0 Å². The third-order valence-corrected chi connectivity index (χ3v) is 3.79. The Kier molecular flexibility index (Phi) is 4.75. The van der Waals surface area contributed by atoms with Crippen LogP contribution in [0.2, 0.25) is 0 Å². The number of aliphatic carboxylic acids is 1. The second-order valence-electron chi connectivity index (χ2n) is 6.75. The van der Waals surface area contributed by atoms with Crippen molar-refractivity contribution in [2.75, 3.05) is 6.54 Å². The summed E-state index contributed by atoms with van der Waals surface area (Å²) in [5, 5.41) is 8.92. The Hall–Kier alpha value is -1.63. The van der Waals surface area contributed by atoms with Crippen molar-refractivity contribution in [1.29, 1.82) is 0 Å². The van der Waals surface area contributed by atoms with E-state index in [0.717, 1.165) is 6.42 Å². The van der Waals surface area contributed by atoms with Crippen LogP contribution in [0.25, 0.3) is 0 Å². The Balaban J connectivity index is 2.00. The lowest BCUT2D eigenvalue weighted by Crippen LogP contribution is -2.47. The van der Waals surface area contributed by atoms with E-state index in [1.54, 1.807) is 20.8 Å². The fourth-order valence-corrected chi connectivity index (χ4v) is 2.83. The maximum atomic E-state index is 12.5. The summed E-state index contributed by atoms with van der Waals surface area (Å²) in [4.78, 5) is 37.1. The molecular formula is C15H23NO6. The van der Waals surface area contributed by atoms with E-state index in [1.807, 2.05) is 0 Å². The summed E-state index contributed by atoms with van der Waals surface area (Å²) in [6.45, 7) is 5.82. The molecule has 0 saturated carbocycles. The van der Waals surface area contributed by atoms with Gasteiger partial charge in [-0.2, -0.15) is 0 Å². The van der Waals surface area contributed by atoms with Crippen LogP contribution in [-0.4, -0.2) is 58.2 Å². The maximum Gasteiger partial charge on any atom is 0.332 e. The first kappa shape index (κ1) is 16.7. The Morgan fingerprint density at radius 1 is 1.14 bits per heavy atom. The summed E-state index contributed by atoms with van der Waals surface area (Å²) < 4.78 is 10.6. The number of carboxylic acids is 1. The number of esters is 1. The lowest BCUT2D eigenvalue weighted by molar-refractivity contribution is -0.166. The molecule has 0 aromatic heterocycles. The molecule has 0 bridgehead atoms. The zero-order chi connectivity index (χ0) is 16.5. The molecule has 2 saturated heterocycles. The zero-order valence-electron chi connectivity index (χ0n) is 13.2. The predicted octanol–water partition coefficient (Wildman–Crippen LogP) is 0.951. The summed E-state index contributed by atoms with van der Waals surface area (Å²) in [5.74, 6) is -1.77. The minimum atomic E-state index is -1.06. The van der Waals surface area contributed by atoms with Crippen molar-refractivity contribution >= 4 is 17.8 Å². The van der Waals surface area contributed by atoms with E-state index >= 15 is 0 Å². The maximum absolute atomic E-state index is 12.5. The number of likely N-dealkylation sites (tertiary alicyclic amines) is 1. The molecule has 7 heteroatoms. The molecule has 1 amide bonds. The Morgan fingerprint density at radius 2 is 1.77 bits per heavy atom. The van der Waals surface area contributed by atoms with Gasteiger partial charge < -0.3 is 19.5 Å². The number of carbonyl (C=O) groups is 3. The van der Waals surface area contributed by atoms with Gasteiger partial charge in [0, 0.05) is 6.54 Å². The molecular weight excluding hydrogens is 290 g/mol. The summed E-state index contributed by atoms with van der Waals surface area (Å²) in [7, 11) is 0. The molecule has 3 atom stereocenters. The smallest absolute Gasteiger partial charge is 0.332 e. The number of nitrogens with zero attached hydrogens (tertiary/aromatic N) is 1. The van der Waals surface area contributed by atoms with Crippen LogP contribution in [-0.2, 0) is 23.9 Å². The number of amides is 1. The van der Waals surface area contributed by atoms with Gasteiger partial charge in [0.05, 0.1) is 0 Å². The van der Waals surface area contributed by atoms with Gasteiger partial charge >= 0.3 is 11.9 Å². The molecule has 124 valence electrons. The van der Waals surface area contributed by atoms with E-state index in [0.29, 0.717) is 25.8 Å². The lowest BCUT2D eigenvalue weighted by Gasteiger charge is -2.28. The van der Waals surface area contributed by atoms with Crippen LogP contribution in [0.4, 0.5) is 0 Å². The van der Waals surface area contributed by atoms with Gasteiger partial charge in [0.25, 0.3) is 5.91 Å². The molecule has 7 nitrogen and oxygen atoms in total. The number of rotatable bonds is 3. The van der Waals surface area contributed by atoms with Gasteiger partial charge in [-0.1, -0.05) is 0 Å². The quantitative estimate of drug-likeness (QED) is 0.780. The summed E-state index contributed by atoms with van der Waals surface area (Å²) in [6, 6.07) is -0.598. The zero-order valence-corrected chi connectivity index (χ0v) is 13.2. The molecule has 1 unspecified atom stereocenters. The molecule has 0 radical (unpaired) electrons. The highest BCUT2D eigenvalue weighted by Gasteiger charge is 2.43. The van der Waals surface area contributed by atoms with Crippen LogP contribution in [0.1, 0.15) is 46.5 Å². The fourth-order valence-electron chi connectivity index (χ4n) is 2.83. The highest BCUT2D eigenvalue weighted by molar-refractivity contribution is 5.88. The largest absolute Gasteiger partial charge is 0.479 e. The van der Waals surface area contributed by atoms with Crippen molar-refractivity contribution in [2.24, 2.45) is 0 Å². The van der Waals surface area contributed by atoms with Gasteiger partial charge in [-0.05, 0) is 46.5 Å². The van der Waals surface area contributed by atoms with Crippen molar-refractivity contribution in [2.45, 2.75) is 70.3 Å². The van der Waals surface area contributed by atoms with Gasteiger partial charge in [-0.15, -0.1) is 0 Å². The first-order valence-corrected chi connectivity index (χ1v) is 7.60. The lowest BCUT2D eigenvalue weighted by atomic mass is 10.1. The molecule has 2 heterocycles. The molecule has 2 rings (SSSR count).